The van der Waals surface area contributed by atoms with Gasteiger partial charge in [-0.2, -0.15) is 0 Å². The predicted molar refractivity (Wildman–Crippen MR) is 43.5 cm³/mol. The summed E-state index contributed by atoms with van der Waals surface area (Å²) < 4.78 is 30.8. The molecule has 2 aromatic rings. The van der Waals surface area contributed by atoms with Gasteiger partial charge in [-0.05, 0) is 12.1 Å². The smallest absolute Gasteiger partial charge is 0.210 e. The third-order valence-electron chi connectivity index (χ3n) is 1.60. The molecule has 13 heavy (non-hydrogen) atoms. The predicted octanol–water partition coefficient (Wildman–Crippen LogP) is 2.84. The third kappa shape index (κ3) is 1.27. The summed E-state index contributed by atoms with van der Waals surface area (Å²) in [4.78, 5) is 3.68. The molecule has 1 aromatic carbocycles. The van der Waals surface area contributed by atoms with Crippen LogP contribution in [0.15, 0.2) is 16.5 Å². The fourth-order valence-corrected chi connectivity index (χ4v) is 1.16. The van der Waals surface area contributed by atoms with Gasteiger partial charge < -0.3 is 4.42 Å². The number of rotatable bonds is 1. The molecule has 0 aliphatic heterocycles. The lowest BCUT2D eigenvalue weighted by atomic mass is 10.3. The lowest BCUT2D eigenvalue weighted by molar-refractivity contribution is 0.522. The van der Waals surface area contributed by atoms with Gasteiger partial charge in [0.15, 0.2) is 17.2 Å². The normalized spacial score (nSPS) is 11.0. The van der Waals surface area contributed by atoms with Crippen LogP contribution in [0.5, 0.6) is 0 Å². The SMILES string of the molecule is Fc1ccc(F)c2oc(CCl)nc12. The van der Waals surface area contributed by atoms with Gasteiger partial charge in [0.05, 0.1) is 5.88 Å². The van der Waals surface area contributed by atoms with E-state index in [9.17, 15) is 8.78 Å². The number of nitrogens with zero attached hydrogens (tertiary/aromatic N) is 1. The van der Waals surface area contributed by atoms with Crippen LogP contribution in [0.2, 0.25) is 0 Å². The Balaban J connectivity index is 2.80. The zero-order valence-corrected chi connectivity index (χ0v) is 7.11. The molecule has 0 aliphatic rings. The summed E-state index contributed by atoms with van der Waals surface area (Å²) in [5, 5.41) is 0. The third-order valence-corrected chi connectivity index (χ3v) is 1.83. The van der Waals surface area contributed by atoms with Crippen molar-refractivity contribution in [1.29, 1.82) is 0 Å². The van der Waals surface area contributed by atoms with Crippen LogP contribution >= 0.6 is 11.6 Å². The highest BCUT2D eigenvalue weighted by atomic mass is 35.5. The van der Waals surface area contributed by atoms with Crippen molar-refractivity contribution in [2.75, 3.05) is 0 Å². The van der Waals surface area contributed by atoms with E-state index in [0.717, 1.165) is 12.1 Å². The fourth-order valence-electron chi connectivity index (χ4n) is 1.05. The standard InChI is InChI=1S/C8H4ClF2NO/c9-3-6-12-7-4(10)1-2-5(11)8(7)13-6/h1-2H,3H2. The quantitative estimate of drug-likeness (QED) is 0.666. The Morgan fingerprint density at radius 2 is 2.00 bits per heavy atom. The zero-order chi connectivity index (χ0) is 9.42. The van der Waals surface area contributed by atoms with E-state index < -0.39 is 11.6 Å². The molecular formula is C8H4ClF2NO. The molecule has 2 rings (SSSR count). The van der Waals surface area contributed by atoms with Gasteiger partial charge in [0.1, 0.15) is 5.52 Å². The highest BCUT2D eigenvalue weighted by molar-refractivity contribution is 6.16. The van der Waals surface area contributed by atoms with E-state index in [4.69, 9.17) is 16.0 Å². The van der Waals surface area contributed by atoms with E-state index >= 15 is 0 Å². The van der Waals surface area contributed by atoms with Gasteiger partial charge in [-0.25, -0.2) is 13.8 Å². The first kappa shape index (κ1) is 8.44. The molecule has 0 radical (unpaired) electrons. The Kier molecular flexibility index (Phi) is 1.92. The number of alkyl halides is 1. The molecule has 0 aliphatic carbocycles. The first-order valence-corrected chi connectivity index (χ1v) is 4.05. The number of hydrogen-bond donors (Lipinski definition) is 0. The maximum absolute atomic E-state index is 13.0. The second-order valence-corrected chi connectivity index (χ2v) is 2.72. The van der Waals surface area contributed by atoms with Crippen molar-refractivity contribution < 1.29 is 13.2 Å². The molecule has 5 heteroatoms. The van der Waals surface area contributed by atoms with Crippen LogP contribution in [-0.2, 0) is 5.88 Å². The largest absolute Gasteiger partial charge is 0.436 e. The Morgan fingerprint density at radius 1 is 1.31 bits per heavy atom. The van der Waals surface area contributed by atoms with Crippen molar-refractivity contribution in [1.82, 2.24) is 4.98 Å². The van der Waals surface area contributed by atoms with Crippen molar-refractivity contribution in [3.05, 3.63) is 29.7 Å². The molecule has 0 spiro atoms. The average molecular weight is 204 g/mol. The number of fused-ring (bicyclic) bond motifs is 1. The van der Waals surface area contributed by atoms with E-state index in [1.54, 1.807) is 0 Å². The molecule has 0 saturated heterocycles. The van der Waals surface area contributed by atoms with E-state index in [2.05, 4.69) is 4.98 Å². The summed E-state index contributed by atoms with van der Waals surface area (Å²) in [6, 6.07) is 1.99. The highest BCUT2D eigenvalue weighted by Gasteiger charge is 2.13. The van der Waals surface area contributed by atoms with Crippen LogP contribution in [0.25, 0.3) is 11.1 Å². The lowest BCUT2D eigenvalue weighted by Gasteiger charge is -1.89. The van der Waals surface area contributed by atoms with Gasteiger partial charge in [0.25, 0.3) is 0 Å². The van der Waals surface area contributed by atoms with Gasteiger partial charge in [0, 0.05) is 0 Å². The minimum absolute atomic E-state index is 0.00639. The molecule has 68 valence electrons. The van der Waals surface area contributed by atoms with Crippen molar-refractivity contribution >= 4 is 22.7 Å². The van der Waals surface area contributed by atoms with E-state index in [-0.39, 0.29) is 22.9 Å². The first-order chi connectivity index (χ1) is 6.22. The molecule has 0 atom stereocenters. The Bertz CT molecular complexity index is 416. The summed E-state index contributed by atoms with van der Waals surface area (Å²) in [5.41, 5.74) is -0.300. The van der Waals surface area contributed by atoms with Crippen LogP contribution in [-0.4, -0.2) is 4.98 Å². The van der Waals surface area contributed by atoms with E-state index in [1.165, 1.54) is 0 Å². The van der Waals surface area contributed by atoms with Gasteiger partial charge in [0.2, 0.25) is 5.89 Å². The number of aromatic nitrogens is 1. The second-order valence-electron chi connectivity index (χ2n) is 2.45. The molecule has 0 fully saturated rings. The zero-order valence-electron chi connectivity index (χ0n) is 6.35. The topological polar surface area (TPSA) is 26.0 Å². The fraction of sp³-hybridized carbons (Fsp3) is 0.125. The molecule has 0 unspecified atom stereocenters. The Hall–Kier alpha value is -1.16. The average Bonchev–Trinajstić information content (AvgIpc) is 2.56. The van der Waals surface area contributed by atoms with Crippen molar-refractivity contribution in [2.24, 2.45) is 0 Å². The number of hydrogen-bond acceptors (Lipinski definition) is 2. The monoisotopic (exact) mass is 203 g/mol. The Morgan fingerprint density at radius 3 is 2.62 bits per heavy atom. The molecule has 2 nitrogen and oxygen atoms in total. The van der Waals surface area contributed by atoms with Crippen LogP contribution in [0, 0.1) is 11.6 Å². The summed E-state index contributed by atoms with van der Waals surface area (Å²) in [7, 11) is 0. The molecule has 0 saturated carbocycles. The first-order valence-electron chi connectivity index (χ1n) is 3.51. The van der Waals surface area contributed by atoms with Crippen molar-refractivity contribution in [2.45, 2.75) is 5.88 Å². The van der Waals surface area contributed by atoms with Gasteiger partial charge in [-0.1, -0.05) is 0 Å². The van der Waals surface area contributed by atoms with E-state index in [1.807, 2.05) is 0 Å². The van der Waals surface area contributed by atoms with E-state index in [0.29, 0.717) is 0 Å². The van der Waals surface area contributed by atoms with Crippen molar-refractivity contribution in [3.8, 4) is 0 Å². The summed E-state index contributed by atoms with van der Waals surface area (Å²) in [6.45, 7) is 0. The molecule has 1 heterocycles. The van der Waals surface area contributed by atoms with Gasteiger partial charge >= 0.3 is 0 Å². The van der Waals surface area contributed by atoms with Crippen LogP contribution in [0.4, 0.5) is 8.78 Å². The van der Waals surface area contributed by atoms with Gasteiger partial charge in [-0.3, -0.25) is 0 Å². The summed E-state index contributed by atoms with van der Waals surface area (Å²) >= 11 is 5.40. The molecule has 0 bridgehead atoms. The maximum Gasteiger partial charge on any atom is 0.210 e. The minimum atomic E-state index is -0.639. The summed E-state index contributed by atoms with van der Waals surface area (Å²) in [6.07, 6.45) is 0. The van der Waals surface area contributed by atoms with Crippen LogP contribution in [0.3, 0.4) is 0 Å². The number of benzene rings is 1. The van der Waals surface area contributed by atoms with Gasteiger partial charge in [-0.15, -0.1) is 11.6 Å². The lowest BCUT2D eigenvalue weighted by Crippen LogP contribution is -1.81. The minimum Gasteiger partial charge on any atom is -0.436 e. The number of halogens is 3. The molecular weight excluding hydrogens is 200 g/mol. The number of oxazole rings is 1. The Labute approximate surface area is 77.1 Å². The van der Waals surface area contributed by atoms with Crippen LogP contribution in [0.1, 0.15) is 5.89 Å². The molecule has 1 aromatic heterocycles. The second kappa shape index (κ2) is 2.96. The van der Waals surface area contributed by atoms with Crippen LogP contribution < -0.4 is 0 Å². The highest BCUT2D eigenvalue weighted by Crippen LogP contribution is 2.22. The summed E-state index contributed by atoms with van der Waals surface area (Å²) in [5.74, 6) is -1.15. The van der Waals surface area contributed by atoms with Crippen molar-refractivity contribution in [3.63, 3.8) is 0 Å². The molecule has 0 amide bonds. The maximum atomic E-state index is 13.0. The molecule has 0 N–H and O–H groups in total.